The van der Waals surface area contributed by atoms with E-state index in [-0.39, 0.29) is 11.8 Å². The maximum Gasteiger partial charge on any atom is 0.255 e. The lowest BCUT2D eigenvalue weighted by Crippen LogP contribution is -2.19. The Morgan fingerprint density at radius 1 is 1.04 bits per heavy atom. The first-order valence-corrected chi connectivity index (χ1v) is 8.77. The van der Waals surface area contributed by atoms with E-state index in [4.69, 9.17) is 4.74 Å². The standard InChI is InChI=1S/C18H20N2O3S/c1-19-17(21)14-8-9-16(23-2)15(10-14)20-18(22)13-6-4-12(5-7-13)11-24-3/h4-10H,11H2,1-3H3,(H,19,21)(H,20,22). The number of carbonyl (C=O) groups is 2. The predicted octanol–water partition coefficient (Wildman–Crippen LogP) is 3.17. The van der Waals surface area contributed by atoms with E-state index in [1.54, 1.807) is 49.1 Å². The lowest BCUT2D eigenvalue weighted by molar-refractivity contribution is 0.0961. The summed E-state index contributed by atoms with van der Waals surface area (Å²) in [6.07, 6.45) is 2.03. The molecule has 0 radical (unpaired) electrons. The van der Waals surface area contributed by atoms with Crippen LogP contribution in [-0.2, 0) is 5.75 Å². The molecule has 2 N–H and O–H groups in total. The van der Waals surface area contributed by atoms with Crippen LogP contribution >= 0.6 is 11.8 Å². The molecule has 0 aliphatic carbocycles. The summed E-state index contributed by atoms with van der Waals surface area (Å²) in [4.78, 5) is 24.2. The third-order valence-electron chi connectivity index (χ3n) is 3.46. The van der Waals surface area contributed by atoms with E-state index in [1.807, 2.05) is 18.4 Å². The maximum atomic E-state index is 12.4. The highest BCUT2D eigenvalue weighted by Gasteiger charge is 2.13. The van der Waals surface area contributed by atoms with E-state index in [0.717, 1.165) is 5.75 Å². The van der Waals surface area contributed by atoms with Gasteiger partial charge in [0.2, 0.25) is 0 Å². The van der Waals surface area contributed by atoms with E-state index >= 15 is 0 Å². The van der Waals surface area contributed by atoms with Crippen LogP contribution in [0.2, 0.25) is 0 Å². The van der Waals surface area contributed by atoms with E-state index in [0.29, 0.717) is 22.6 Å². The van der Waals surface area contributed by atoms with Crippen molar-refractivity contribution in [2.24, 2.45) is 0 Å². The average molecular weight is 344 g/mol. The van der Waals surface area contributed by atoms with Gasteiger partial charge in [-0.2, -0.15) is 11.8 Å². The number of amides is 2. The van der Waals surface area contributed by atoms with Crippen molar-refractivity contribution in [3.05, 3.63) is 59.2 Å². The molecule has 0 atom stereocenters. The SMILES string of the molecule is CNC(=O)c1ccc(OC)c(NC(=O)c2ccc(CSC)cc2)c1. The Kier molecular flexibility index (Phi) is 6.26. The molecule has 2 rings (SSSR count). The largest absolute Gasteiger partial charge is 0.495 e. The molecule has 0 unspecified atom stereocenters. The molecule has 0 aromatic heterocycles. The quantitative estimate of drug-likeness (QED) is 0.845. The zero-order chi connectivity index (χ0) is 17.5. The van der Waals surface area contributed by atoms with E-state index < -0.39 is 0 Å². The minimum absolute atomic E-state index is 0.227. The van der Waals surface area contributed by atoms with Crippen molar-refractivity contribution in [3.8, 4) is 5.75 Å². The molecule has 24 heavy (non-hydrogen) atoms. The first-order chi connectivity index (χ1) is 11.6. The molecule has 0 bridgehead atoms. The van der Waals surface area contributed by atoms with E-state index in [2.05, 4.69) is 10.6 Å². The monoisotopic (exact) mass is 344 g/mol. The summed E-state index contributed by atoms with van der Waals surface area (Å²) in [5, 5.41) is 5.35. The van der Waals surface area contributed by atoms with Crippen molar-refractivity contribution >= 4 is 29.3 Å². The second-order valence-corrected chi connectivity index (χ2v) is 5.94. The molecule has 2 aromatic carbocycles. The zero-order valence-electron chi connectivity index (χ0n) is 13.9. The molecule has 0 fully saturated rings. The number of anilines is 1. The van der Waals surface area contributed by atoms with Crippen LogP contribution in [0.5, 0.6) is 5.75 Å². The van der Waals surface area contributed by atoms with Crippen LogP contribution in [0.15, 0.2) is 42.5 Å². The smallest absolute Gasteiger partial charge is 0.255 e. The second-order valence-electron chi connectivity index (χ2n) is 5.08. The third-order valence-corrected chi connectivity index (χ3v) is 4.09. The molecule has 2 aromatic rings. The summed E-state index contributed by atoms with van der Waals surface area (Å²) < 4.78 is 5.25. The minimum Gasteiger partial charge on any atom is -0.495 e. The molecule has 0 aliphatic rings. The molecule has 0 aliphatic heterocycles. The van der Waals surface area contributed by atoms with Crippen molar-refractivity contribution in [2.75, 3.05) is 25.7 Å². The van der Waals surface area contributed by atoms with Gasteiger partial charge in [-0.05, 0) is 42.2 Å². The first-order valence-electron chi connectivity index (χ1n) is 7.38. The normalized spacial score (nSPS) is 10.1. The summed E-state index contributed by atoms with van der Waals surface area (Å²) in [6.45, 7) is 0. The van der Waals surface area contributed by atoms with Crippen LogP contribution in [0.3, 0.4) is 0 Å². The van der Waals surface area contributed by atoms with Gasteiger partial charge in [0.05, 0.1) is 12.8 Å². The van der Waals surface area contributed by atoms with Gasteiger partial charge in [0.15, 0.2) is 0 Å². The molecule has 0 saturated heterocycles. The Morgan fingerprint density at radius 3 is 2.29 bits per heavy atom. The predicted molar refractivity (Wildman–Crippen MR) is 98.0 cm³/mol. The first kappa shape index (κ1) is 17.9. The Morgan fingerprint density at radius 2 is 1.71 bits per heavy atom. The minimum atomic E-state index is -0.252. The summed E-state index contributed by atoms with van der Waals surface area (Å²) >= 11 is 1.73. The van der Waals surface area contributed by atoms with Gasteiger partial charge in [-0.15, -0.1) is 0 Å². The van der Waals surface area contributed by atoms with Crippen LogP contribution < -0.4 is 15.4 Å². The summed E-state index contributed by atoms with van der Waals surface area (Å²) in [6, 6.07) is 12.3. The lowest BCUT2D eigenvalue weighted by Gasteiger charge is -2.12. The molecular weight excluding hydrogens is 324 g/mol. The third kappa shape index (κ3) is 4.29. The number of hydrogen-bond acceptors (Lipinski definition) is 4. The van der Waals surface area contributed by atoms with E-state index in [9.17, 15) is 9.59 Å². The number of carbonyl (C=O) groups excluding carboxylic acids is 2. The molecule has 5 nitrogen and oxygen atoms in total. The number of benzene rings is 2. The van der Waals surface area contributed by atoms with Gasteiger partial charge in [0.1, 0.15) is 5.75 Å². The van der Waals surface area contributed by atoms with Crippen molar-refractivity contribution in [3.63, 3.8) is 0 Å². The fraction of sp³-hybridized carbons (Fsp3) is 0.222. The Balaban J connectivity index is 2.22. The second kappa shape index (κ2) is 8.40. The van der Waals surface area contributed by atoms with Crippen molar-refractivity contribution in [2.45, 2.75) is 5.75 Å². The van der Waals surface area contributed by atoms with Crippen LogP contribution in [0.25, 0.3) is 0 Å². The molecule has 0 saturated carbocycles. The van der Waals surface area contributed by atoms with Crippen LogP contribution in [0.4, 0.5) is 5.69 Å². The number of hydrogen-bond donors (Lipinski definition) is 2. The fourth-order valence-corrected chi connectivity index (χ4v) is 2.73. The number of nitrogens with one attached hydrogen (secondary N) is 2. The van der Waals surface area contributed by atoms with Crippen molar-refractivity contribution in [1.29, 1.82) is 0 Å². The highest BCUT2D eigenvalue weighted by atomic mass is 32.2. The Hall–Kier alpha value is -2.47. The fourth-order valence-electron chi connectivity index (χ4n) is 2.20. The van der Waals surface area contributed by atoms with Crippen molar-refractivity contribution < 1.29 is 14.3 Å². The van der Waals surface area contributed by atoms with Gasteiger partial charge in [0.25, 0.3) is 11.8 Å². The van der Waals surface area contributed by atoms with Gasteiger partial charge in [0, 0.05) is 23.9 Å². The Labute approximate surface area is 145 Å². The highest BCUT2D eigenvalue weighted by Crippen LogP contribution is 2.26. The van der Waals surface area contributed by atoms with Gasteiger partial charge in [-0.3, -0.25) is 9.59 Å². The van der Waals surface area contributed by atoms with Gasteiger partial charge in [-0.1, -0.05) is 12.1 Å². The summed E-state index contributed by atoms with van der Waals surface area (Å²) in [5.41, 5.74) is 2.62. The van der Waals surface area contributed by atoms with Gasteiger partial charge < -0.3 is 15.4 Å². The number of thioether (sulfide) groups is 1. The number of rotatable bonds is 6. The lowest BCUT2D eigenvalue weighted by atomic mass is 10.1. The van der Waals surface area contributed by atoms with Crippen LogP contribution in [0.1, 0.15) is 26.3 Å². The molecule has 6 heteroatoms. The number of methoxy groups -OCH3 is 1. The molecular formula is C18H20N2O3S. The summed E-state index contributed by atoms with van der Waals surface area (Å²) in [5.74, 6) is 0.923. The zero-order valence-corrected chi connectivity index (χ0v) is 14.7. The van der Waals surface area contributed by atoms with Gasteiger partial charge in [-0.25, -0.2) is 0 Å². The van der Waals surface area contributed by atoms with Crippen molar-refractivity contribution in [1.82, 2.24) is 5.32 Å². The number of ether oxygens (including phenoxy) is 1. The molecule has 126 valence electrons. The molecule has 0 heterocycles. The van der Waals surface area contributed by atoms with Crippen LogP contribution in [-0.4, -0.2) is 32.2 Å². The summed E-state index contributed by atoms with van der Waals surface area (Å²) in [7, 11) is 3.07. The Bertz CT molecular complexity index is 730. The average Bonchev–Trinajstić information content (AvgIpc) is 2.61. The van der Waals surface area contributed by atoms with E-state index in [1.165, 1.54) is 12.7 Å². The van der Waals surface area contributed by atoms with Gasteiger partial charge >= 0.3 is 0 Å². The topological polar surface area (TPSA) is 67.4 Å². The highest BCUT2D eigenvalue weighted by molar-refractivity contribution is 7.97. The maximum absolute atomic E-state index is 12.4. The molecule has 0 spiro atoms. The van der Waals surface area contributed by atoms with Crippen LogP contribution in [0, 0.1) is 0 Å². The molecule has 2 amide bonds.